The zero-order valence-corrected chi connectivity index (χ0v) is 15.9. The summed E-state index contributed by atoms with van der Waals surface area (Å²) in [4.78, 5) is 17.7. The molecular formula is C20H19F3N6O. The first-order valence-electron chi connectivity index (χ1n) is 9.23. The van der Waals surface area contributed by atoms with E-state index < -0.39 is 30.4 Å². The van der Waals surface area contributed by atoms with E-state index in [-0.39, 0.29) is 0 Å². The Morgan fingerprint density at radius 1 is 1.10 bits per heavy atom. The van der Waals surface area contributed by atoms with E-state index in [9.17, 15) is 18.0 Å². The maximum absolute atomic E-state index is 12.7. The van der Waals surface area contributed by atoms with Gasteiger partial charge < -0.3 is 11.1 Å². The minimum absolute atomic E-state index is 0.466. The molecule has 0 saturated carbocycles. The second-order valence-electron chi connectivity index (χ2n) is 7.11. The first-order valence-corrected chi connectivity index (χ1v) is 9.23. The Morgan fingerprint density at radius 3 is 2.53 bits per heavy atom. The van der Waals surface area contributed by atoms with Gasteiger partial charge in [0.25, 0.3) is 5.82 Å². The topological polar surface area (TPSA) is 89.1 Å². The molecule has 0 radical (unpaired) electrons. The molecule has 0 bridgehead atoms. The van der Waals surface area contributed by atoms with Gasteiger partial charge in [0.2, 0.25) is 11.9 Å². The largest absolute Gasteiger partial charge is 0.453 e. The molecule has 30 heavy (non-hydrogen) atoms. The summed E-state index contributed by atoms with van der Waals surface area (Å²) in [6, 6.07) is 15.7. The molecule has 0 fully saturated rings. The van der Waals surface area contributed by atoms with Gasteiger partial charge in [-0.15, -0.1) is 5.10 Å². The molecule has 3 aromatic rings. The smallest absolute Gasteiger partial charge is 0.368 e. The minimum Gasteiger partial charge on any atom is -0.368 e. The Kier molecular flexibility index (Phi) is 5.17. The van der Waals surface area contributed by atoms with Crippen molar-refractivity contribution in [1.82, 2.24) is 19.7 Å². The van der Waals surface area contributed by atoms with Crippen molar-refractivity contribution < 1.29 is 18.0 Å². The predicted octanol–water partition coefficient (Wildman–Crippen LogP) is 3.03. The normalized spacial score (nSPS) is 14.0. The van der Waals surface area contributed by atoms with Crippen LogP contribution >= 0.6 is 0 Å². The molecule has 0 aliphatic carbocycles. The highest BCUT2D eigenvalue weighted by atomic mass is 19.4. The lowest BCUT2D eigenvalue weighted by molar-refractivity contribution is -0.145. The summed E-state index contributed by atoms with van der Waals surface area (Å²) in [5.41, 5.74) is 9.51. The fraction of sp³-hybridized carbons (Fsp3) is 0.250. The molecule has 2 aromatic carbocycles. The van der Waals surface area contributed by atoms with E-state index in [2.05, 4.69) is 32.4 Å². The number of hydrogen-bond acceptors (Lipinski definition) is 5. The lowest BCUT2D eigenvalue weighted by Gasteiger charge is -2.14. The Balaban J connectivity index is 1.38. The number of halogens is 3. The Morgan fingerprint density at radius 2 is 1.83 bits per heavy atom. The maximum atomic E-state index is 12.7. The van der Waals surface area contributed by atoms with Gasteiger partial charge >= 0.3 is 6.18 Å². The number of nitrogens with two attached hydrogens (primary N) is 1. The molecule has 0 saturated heterocycles. The summed E-state index contributed by atoms with van der Waals surface area (Å²) < 4.78 is 38.7. The van der Waals surface area contributed by atoms with Crippen LogP contribution in [0.2, 0.25) is 0 Å². The minimum atomic E-state index is -4.72. The number of benzene rings is 2. The van der Waals surface area contributed by atoms with Crippen LogP contribution in [0.25, 0.3) is 0 Å². The Labute approximate surface area is 170 Å². The number of nitrogens with one attached hydrogen (secondary N) is 1. The number of nitrogen functional groups attached to an aromatic ring is 1. The number of rotatable bonds is 5. The molecule has 1 aliphatic rings. The fourth-order valence-corrected chi connectivity index (χ4v) is 3.42. The number of fused-ring (bicyclic) bond motifs is 1. The second kappa shape index (κ2) is 7.79. The first-order chi connectivity index (χ1) is 14.3. The van der Waals surface area contributed by atoms with Gasteiger partial charge in [-0.3, -0.25) is 9.69 Å². The van der Waals surface area contributed by atoms with Gasteiger partial charge in [-0.2, -0.15) is 18.2 Å². The molecular weight excluding hydrogens is 397 g/mol. The fourth-order valence-electron chi connectivity index (χ4n) is 3.42. The third kappa shape index (κ3) is 4.43. The highest BCUT2D eigenvalue weighted by molar-refractivity contribution is 5.90. The van der Waals surface area contributed by atoms with E-state index in [4.69, 9.17) is 5.73 Å². The summed E-state index contributed by atoms with van der Waals surface area (Å²) in [5, 5.41) is 5.94. The molecule has 4 rings (SSSR count). The van der Waals surface area contributed by atoms with E-state index in [0.717, 1.165) is 29.9 Å². The summed E-state index contributed by atoms with van der Waals surface area (Å²) in [6.07, 6.45) is -4.72. The number of carbonyl (C=O) groups excluding carboxylic acids is 1. The average molecular weight is 416 g/mol. The highest BCUT2D eigenvalue weighted by Gasteiger charge is 2.37. The van der Waals surface area contributed by atoms with Crippen LogP contribution in [0.15, 0.2) is 48.5 Å². The van der Waals surface area contributed by atoms with Crippen molar-refractivity contribution in [3.05, 3.63) is 71.0 Å². The molecule has 0 spiro atoms. The van der Waals surface area contributed by atoms with E-state index in [1.807, 2.05) is 30.3 Å². The van der Waals surface area contributed by atoms with Crippen LogP contribution in [-0.4, -0.2) is 25.6 Å². The van der Waals surface area contributed by atoms with E-state index >= 15 is 0 Å². The molecule has 3 N–H and O–H groups in total. The Hall–Kier alpha value is -3.40. The zero-order chi connectivity index (χ0) is 21.3. The van der Waals surface area contributed by atoms with Crippen molar-refractivity contribution in [2.75, 3.05) is 11.1 Å². The van der Waals surface area contributed by atoms with Crippen molar-refractivity contribution >= 4 is 17.5 Å². The zero-order valence-electron chi connectivity index (χ0n) is 15.9. The van der Waals surface area contributed by atoms with Crippen LogP contribution in [0.1, 0.15) is 22.5 Å². The summed E-state index contributed by atoms with van der Waals surface area (Å²) in [6.45, 7) is 1.92. The number of anilines is 2. The molecule has 1 aliphatic heterocycles. The van der Waals surface area contributed by atoms with Gasteiger partial charge in [-0.25, -0.2) is 4.68 Å². The maximum Gasteiger partial charge on any atom is 0.453 e. The molecule has 0 unspecified atom stereocenters. The second-order valence-corrected chi connectivity index (χ2v) is 7.11. The van der Waals surface area contributed by atoms with Crippen LogP contribution in [0, 0.1) is 0 Å². The van der Waals surface area contributed by atoms with Crippen LogP contribution < -0.4 is 11.1 Å². The van der Waals surface area contributed by atoms with E-state index in [1.165, 1.54) is 11.1 Å². The van der Waals surface area contributed by atoms with Gasteiger partial charge in [0, 0.05) is 25.3 Å². The van der Waals surface area contributed by atoms with Gasteiger partial charge in [-0.05, 0) is 28.8 Å². The number of alkyl halides is 3. The number of aromatic nitrogens is 3. The molecule has 1 aromatic heterocycles. The van der Waals surface area contributed by atoms with E-state index in [0.29, 0.717) is 5.69 Å². The lowest BCUT2D eigenvalue weighted by atomic mass is 10.1. The van der Waals surface area contributed by atoms with Crippen LogP contribution in [0.5, 0.6) is 0 Å². The molecule has 1 amide bonds. The van der Waals surface area contributed by atoms with Crippen LogP contribution in [-0.2, 0) is 37.1 Å². The van der Waals surface area contributed by atoms with Crippen molar-refractivity contribution in [1.29, 1.82) is 0 Å². The molecule has 156 valence electrons. The molecule has 7 nitrogen and oxygen atoms in total. The van der Waals surface area contributed by atoms with Crippen molar-refractivity contribution in [2.45, 2.75) is 32.4 Å². The summed E-state index contributed by atoms with van der Waals surface area (Å²) in [5.74, 6) is -2.38. The standard InChI is InChI=1S/C20H19F3N6O/c21-20(22,23)18-26-19(24)29(27-18)12-17(30)25-16-7-6-14-10-28(11-15(14)8-16)9-13-4-2-1-3-5-13/h1-8H,9-12H2,(H,25,30)(H2,24,26,27). The van der Waals surface area contributed by atoms with Gasteiger partial charge in [0.05, 0.1) is 0 Å². The third-order valence-electron chi connectivity index (χ3n) is 4.77. The third-order valence-corrected chi connectivity index (χ3v) is 4.77. The Bertz CT molecular complexity index is 1060. The number of carbonyl (C=O) groups is 1. The summed E-state index contributed by atoms with van der Waals surface area (Å²) >= 11 is 0. The average Bonchev–Trinajstić information content (AvgIpc) is 3.25. The first kappa shape index (κ1) is 19.9. The predicted molar refractivity (Wildman–Crippen MR) is 104 cm³/mol. The van der Waals surface area contributed by atoms with Crippen LogP contribution in [0.4, 0.5) is 24.8 Å². The van der Waals surface area contributed by atoms with Gasteiger partial charge in [0.1, 0.15) is 6.54 Å². The quantitative estimate of drug-likeness (QED) is 0.668. The number of amides is 1. The lowest BCUT2D eigenvalue weighted by Crippen LogP contribution is -2.21. The van der Waals surface area contributed by atoms with Gasteiger partial charge in [-0.1, -0.05) is 36.4 Å². The summed E-state index contributed by atoms with van der Waals surface area (Å²) in [7, 11) is 0. The SMILES string of the molecule is Nc1nc(C(F)(F)F)nn1CC(=O)Nc1ccc2c(c1)CN(Cc1ccccc1)C2. The van der Waals surface area contributed by atoms with Crippen molar-refractivity contribution in [3.8, 4) is 0 Å². The van der Waals surface area contributed by atoms with Gasteiger partial charge in [0.15, 0.2) is 0 Å². The number of nitrogens with zero attached hydrogens (tertiary/aromatic N) is 4. The number of hydrogen-bond donors (Lipinski definition) is 2. The van der Waals surface area contributed by atoms with E-state index in [1.54, 1.807) is 6.07 Å². The highest BCUT2D eigenvalue weighted by Crippen LogP contribution is 2.28. The van der Waals surface area contributed by atoms with Crippen molar-refractivity contribution in [2.24, 2.45) is 0 Å². The van der Waals surface area contributed by atoms with Crippen molar-refractivity contribution in [3.63, 3.8) is 0 Å². The molecule has 2 heterocycles. The van der Waals surface area contributed by atoms with Crippen LogP contribution in [0.3, 0.4) is 0 Å². The monoisotopic (exact) mass is 416 g/mol. The molecule has 0 atom stereocenters. The molecule has 10 heteroatoms.